The molecule has 1 heterocycles. The summed E-state index contributed by atoms with van der Waals surface area (Å²) in [5, 5.41) is 9.14. The van der Waals surface area contributed by atoms with Crippen molar-refractivity contribution in [3.8, 4) is 6.07 Å². The monoisotopic (exact) mass is 347 g/mol. The van der Waals surface area contributed by atoms with Gasteiger partial charge in [0.15, 0.2) is 5.41 Å². The van der Waals surface area contributed by atoms with E-state index in [9.17, 15) is 9.59 Å². The summed E-state index contributed by atoms with van der Waals surface area (Å²) >= 11 is 1.75. The summed E-state index contributed by atoms with van der Waals surface area (Å²) in [5.41, 5.74) is -1.84. The number of carbonyl (C=O) groups excluding carboxylic acids is 1. The highest BCUT2D eigenvalue weighted by atomic mass is 127. The molecule has 0 aliphatic heterocycles. The van der Waals surface area contributed by atoms with E-state index in [1.54, 1.807) is 29.5 Å². The number of halogens is 1. The zero-order chi connectivity index (χ0) is 13.1. The molecule has 7 heteroatoms. The number of H-pyrrole nitrogens is 1. The minimum atomic E-state index is -1.57. The van der Waals surface area contributed by atoms with Gasteiger partial charge in [0.2, 0.25) is 0 Å². The van der Waals surface area contributed by atoms with Crippen LogP contribution in [0.4, 0.5) is 0 Å². The standard InChI is InChI=1S/C10H10IN3O3/c1-3-17-9(16)10(2,4-12)7-6(11)8(15)14-5-13-7/h5H,3H2,1-2H3,(H,13,14,15). The van der Waals surface area contributed by atoms with Crippen LogP contribution in [0.5, 0.6) is 0 Å². The highest BCUT2D eigenvalue weighted by Crippen LogP contribution is 2.25. The Morgan fingerprint density at radius 3 is 2.94 bits per heavy atom. The predicted octanol–water partition coefficient (Wildman–Crippen LogP) is 0.719. The second kappa shape index (κ2) is 5.27. The number of nitrogens with zero attached hydrogens (tertiary/aromatic N) is 2. The number of ether oxygens (including phenoxy) is 1. The molecule has 1 aromatic heterocycles. The Morgan fingerprint density at radius 2 is 2.41 bits per heavy atom. The molecule has 1 rings (SSSR count). The van der Waals surface area contributed by atoms with Gasteiger partial charge in [-0.05, 0) is 36.4 Å². The Morgan fingerprint density at radius 1 is 1.76 bits per heavy atom. The summed E-state index contributed by atoms with van der Waals surface area (Å²) in [6.07, 6.45) is 1.16. The number of aromatic amines is 1. The second-order valence-electron chi connectivity index (χ2n) is 3.35. The van der Waals surface area contributed by atoms with Crippen LogP contribution < -0.4 is 5.56 Å². The molecule has 1 unspecified atom stereocenters. The molecule has 0 bridgehead atoms. The van der Waals surface area contributed by atoms with Crippen molar-refractivity contribution in [2.24, 2.45) is 0 Å². The number of nitrogens with one attached hydrogen (secondary N) is 1. The second-order valence-corrected chi connectivity index (χ2v) is 4.43. The first-order valence-corrected chi connectivity index (χ1v) is 5.87. The van der Waals surface area contributed by atoms with Gasteiger partial charge < -0.3 is 9.72 Å². The quantitative estimate of drug-likeness (QED) is 0.642. The van der Waals surface area contributed by atoms with Crippen LogP contribution in [0.3, 0.4) is 0 Å². The molecule has 0 radical (unpaired) electrons. The van der Waals surface area contributed by atoms with E-state index < -0.39 is 11.4 Å². The van der Waals surface area contributed by atoms with E-state index in [2.05, 4.69) is 9.97 Å². The van der Waals surface area contributed by atoms with E-state index in [1.807, 2.05) is 6.07 Å². The van der Waals surface area contributed by atoms with Crippen molar-refractivity contribution in [1.82, 2.24) is 9.97 Å². The van der Waals surface area contributed by atoms with Crippen LogP contribution in [0.1, 0.15) is 19.5 Å². The molecule has 0 aliphatic carbocycles. The highest BCUT2D eigenvalue weighted by Gasteiger charge is 2.41. The molecule has 1 aromatic rings. The summed E-state index contributed by atoms with van der Waals surface area (Å²) in [4.78, 5) is 29.4. The Labute approximate surface area is 111 Å². The number of carbonyl (C=O) groups is 1. The molecule has 0 amide bonds. The van der Waals surface area contributed by atoms with Crippen molar-refractivity contribution in [2.75, 3.05) is 6.61 Å². The van der Waals surface area contributed by atoms with E-state index >= 15 is 0 Å². The molecule has 6 nitrogen and oxygen atoms in total. The van der Waals surface area contributed by atoms with Gasteiger partial charge in [-0.1, -0.05) is 0 Å². The highest BCUT2D eigenvalue weighted by molar-refractivity contribution is 14.1. The summed E-state index contributed by atoms with van der Waals surface area (Å²) in [7, 11) is 0. The predicted molar refractivity (Wildman–Crippen MR) is 67.2 cm³/mol. The summed E-state index contributed by atoms with van der Waals surface area (Å²) in [6, 6.07) is 1.85. The van der Waals surface area contributed by atoms with Crippen LogP contribution in [0, 0.1) is 14.9 Å². The number of aromatic nitrogens is 2. The lowest BCUT2D eigenvalue weighted by Gasteiger charge is -2.19. The Bertz CT molecular complexity index is 534. The molecule has 0 saturated heterocycles. The fraction of sp³-hybridized carbons (Fsp3) is 0.400. The topological polar surface area (TPSA) is 95.8 Å². The fourth-order valence-electron chi connectivity index (χ4n) is 1.20. The van der Waals surface area contributed by atoms with Gasteiger partial charge in [0.25, 0.3) is 5.56 Å². The number of rotatable bonds is 3. The lowest BCUT2D eigenvalue weighted by molar-refractivity contribution is -0.147. The van der Waals surface area contributed by atoms with Crippen LogP contribution in [0.2, 0.25) is 0 Å². The van der Waals surface area contributed by atoms with Crippen LogP contribution in [-0.4, -0.2) is 22.5 Å². The molecule has 0 aliphatic rings. The molecule has 0 fully saturated rings. The van der Waals surface area contributed by atoms with Crippen molar-refractivity contribution in [1.29, 1.82) is 5.26 Å². The van der Waals surface area contributed by atoms with Crippen LogP contribution in [0.25, 0.3) is 0 Å². The lowest BCUT2D eigenvalue weighted by Crippen LogP contribution is -2.36. The first-order valence-electron chi connectivity index (χ1n) is 4.79. The van der Waals surface area contributed by atoms with Crippen LogP contribution in [-0.2, 0) is 14.9 Å². The largest absolute Gasteiger partial charge is 0.465 e. The third kappa shape index (κ3) is 2.46. The van der Waals surface area contributed by atoms with E-state index in [-0.39, 0.29) is 21.4 Å². The molecule has 1 atom stereocenters. The van der Waals surface area contributed by atoms with Gasteiger partial charge in [-0.15, -0.1) is 0 Å². The smallest absolute Gasteiger partial charge is 0.332 e. The molecular formula is C10H10IN3O3. The van der Waals surface area contributed by atoms with Crippen molar-refractivity contribution in [3.63, 3.8) is 0 Å². The van der Waals surface area contributed by atoms with Gasteiger partial charge in [0.05, 0.1) is 24.7 Å². The van der Waals surface area contributed by atoms with E-state index in [0.29, 0.717) is 0 Å². The molecule has 0 spiro atoms. The molecule has 1 N–H and O–H groups in total. The summed E-state index contributed by atoms with van der Waals surface area (Å²) in [6.45, 7) is 3.19. The minimum Gasteiger partial charge on any atom is -0.465 e. The summed E-state index contributed by atoms with van der Waals surface area (Å²) < 4.78 is 5.04. The lowest BCUT2D eigenvalue weighted by atomic mass is 9.88. The van der Waals surface area contributed by atoms with Gasteiger partial charge in [-0.2, -0.15) is 5.26 Å². The average molecular weight is 347 g/mol. The SMILES string of the molecule is CCOC(=O)C(C)(C#N)c1nc[nH]c(=O)c1I. The van der Waals surface area contributed by atoms with Crippen LogP contribution >= 0.6 is 22.6 Å². The van der Waals surface area contributed by atoms with Crippen molar-refractivity contribution < 1.29 is 9.53 Å². The van der Waals surface area contributed by atoms with E-state index in [1.165, 1.54) is 6.92 Å². The molecular weight excluding hydrogens is 337 g/mol. The van der Waals surface area contributed by atoms with Crippen molar-refractivity contribution >= 4 is 28.6 Å². The number of esters is 1. The maximum absolute atomic E-state index is 11.8. The van der Waals surface area contributed by atoms with Gasteiger partial charge in [0.1, 0.15) is 3.57 Å². The average Bonchev–Trinajstić information content (AvgIpc) is 2.32. The zero-order valence-corrected chi connectivity index (χ0v) is 11.4. The normalized spacial score (nSPS) is 13.5. The first kappa shape index (κ1) is 13.6. The minimum absolute atomic E-state index is 0.114. The number of nitriles is 1. The molecule has 0 saturated carbocycles. The third-order valence-electron chi connectivity index (χ3n) is 2.18. The third-order valence-corrected chi connectivity index (χ3v) is 3.18. The fourth-order valence-corrected chi connectivity index (χ4v) is 2.04. The van der Waals surface area contributed by atoms with Gasteiger partial charge in [0, 0.05) is 0 Å². The van der Waals surface area contributed by atoms with Gasteiger partial charge in [-0.25, -0.2) is 9.78 Å². The molecule has 17 heavy (non-hydrogen) atoms. The Balaban J connectivity index is 3.37. The van der Waals surface area contributed by atoms with Gasteiger partial charge in [-0.3, -0.25) is 4.79 Å². The zero-order valence-electron chi connectivity index (χ0n) is 9.28. The van der Waals surface area contributed by atoms with E-state index in [0.717, 1.165) is 6.33 Å². The van der Waals surface area contributed by atoms with Crippen LogP contribution in [0.15, 0.2) is 11.1 Å². The van der Waals surface area contributed by atoms with Gasteiger partial charge >= 0.3 is 5.97 Å². The molecule has 90 valence electrons. The van der Waals surface area contributed by atoms with Crippen molar-refractivity contribution in [3.05, 3.63) is 25.9 Å². The first-order chi connectivity index (χ1) is 7.97. The Kier molecular flexibility index (Phi) is 4.22. The number of hydrogen-bond acceptors (Lipinski definition) is 5. The van der Waals surface area contributed by atoms with Crippen molar-refractivity contribution in [2.45, 2.75) is 19.3 Å². The Hall–Kier alpha value is -1.43. The summed E-state index contributed by atoms with van der Waals surface area (Å²) in [5.74, 6) is -0.710. The molecule has 0 aromatic carbocycles. The van der Waals surface area contributed by atoms with E-state index in [4.69, 9.17) is 10.00 Å². The maximum atomic E-state index is 11.8. The number of hydrogen-bond donors (Lipinski definition) is 1. The maximum Gasteiger partial charge on any atom is 0.332 e.